The summed E-state index contributed by atoms with van der Waals surface area (Å²) < 4.78 is 34.6. The minimum Gasteiger partial charge on any atom is -0.494 e. The van der Waals surface area contributed by atoms with Crippen molar-refractivity contribution in [3.8, 4) is 5.75 Å². The normalized spacial score (nSPS) is 12.6. The minimum atomic E-state index is -3.65. The Labute approximate surface area is 180 Å². The highest BCUT2D eigenvalue weighted by Crippen LogP contribution is 2.34. The van der Waals surface area contributed by atoms with Gasteiger partial charge in [-0.05, 0) is 81.6 Å². The number of sulfone groups is 1. The highest BCUT2D eigenvalue weighted by molar-refractivity contribution is 7.91. The molecule has 0 atom stereocenters. The van der Waals surface area contributed by atoms with E-state index in [1.165, 1.54) is 0 Å². The van der Waals surface area contributed by atoms with Crippen LogP contribution in [0.3, 0.4) is 0 Å². The lowest BCUT2D eigenvalue weighted by Crippen LogP contribution is -2.36. The maximum Gasteiger partial charge on any atom is 0.209 e. The van der Waals surface area contributed by atoms with Gasteiger partial charge in [0, 0.05) is 17.9 Å². The fourth-order valence-corrected chi connectivity index (χ4v) is 5.16. The topological polar surface area (TPSA) is 59.8 Å². The Bertz CT molecular complexity index is 1090. The van der Waals surface area contributed by atoms with Gasteiger partial charge in [0.05, 0.1) is 17.0 Å². The van der Waals surface area contributed by atoms with Gasteiger partial charge in [0.15, 0.2) is 0 Å². The van der Waals surface area contributed by atoms with Crippen molar-refractivity contribution in [1.29, 1.82) is 0 Å². The molecular weight excluding hydrogens is 396 g/mol. The van der Waals surface area contributed by atoms with E-state index in [1.807, 2.05) is 48.8 Å². The third-order valence-electron chi connectivity index (χ3n) is 4.93. The molecule has 3 aromatic rings. The molecule has 30 heavy (non-hydrogen) atoms. The van der Waals surface area contributed by atoms with E-state index in [4.69, 9.17) is 4.74 Å². The summed E-state index contributed by atoms with van der Waals surface area (Å²) >= 11 is 0. The smallest absolute Gasteiger partial charge is 0.209 e. The largest absolute Gasteiger partial charge is 0.494 e. The minimum absolute atomic E-state index is 0.0914. The molecule has 0 saturated carbocycles. The van der Waals surface area contributed by atoms with Gasteiger partial charge in [-0.25, -0.2) is 8.42 Å². The van der Waals surface area contributed by atoms with Crippen LogP contribution in [0.4, 0.5) is 0 Å². The number of hydrogen-bond donors (Lipinski definition) is 1. The predicted octanol–water partition coefficient (Wildman–Crippen LogP) is 5.05. The summed E-state index contributed by atoms with van der Waals surface area (Å²) in [6, 6.07) is 12.3. The maximum absolute atomic E-state index is 13.5. The number of pyridine rings is 1. The first kappa shape index (κ1) is 22.4. The number of fused-ring (bicyclic) bond motifs is 1. The fraction of sp³-hybridized carbons (Fsp3) is 0.417. The van der Waals surface area contributed by atoms with Crippen LogP contribution in [-0.4, -0.2) is 31.5 Å². The van der Waals surface area contributed by atoms with E-state index in [0.29, 0.717) is 22.8 Å². The van der Waals surface area contributed by atoms with Crippen LogP contribution in [0.2, 0.25) is 0 Å². The van der Waals surface area contributed by atoms with Gasteiger partial charge in [-0.1, -0.05) is 19.9 Å². The van der Waals surface area contributed by atoms with Gasteiger partial charge >= 0.3 is 0 Å². The Morgan fingerprint density at radius 1 is 1.07 bits per heavy atom. The van der Waals surface area contributed by atoms with Crippen molar-refractivity contribution >= 4 is 15.4 Å². The molecule has 0 fully saturated rings. The molecule has 0 aliphatic rings. The van der Waals surface area contributed by atoms with Crippen molar-refractivity contribution in [2.75, 3.05) is 13.2 Å². The van der Waals surface area contributed by atoms with Gasteiger partial charge < -0.3 is 14.5 Å². The van der Waals surface area contributed by atoms with Gasteiger partial charge in [-0.3, -0.25) is 0 Å². The van der Waals surface area contributed by atoms with Crippen LogP contribution < -0.4 is 10.1 Å². The zero-order chi connectivity index (χ0) is 21.9. The molecule has 2 aromatic heterocycles. The van der Waals surface area contributed by atoms with Crippen LogP contribution in [0, 0.1) is 0 Å². The number of rotatable bonds is 8. The summed E-state index contributed by atoms with van der Waals surface area (Å²) in [7, 11) is -3.65. The number of aromatic nitrogens is 1. The van der Waals surface area contributed by atoms with E-state index in [0.717, 1.165) is 18.5 Å². The summed E-state index contributed by atoms with van der Waals surface area (Å²) in [5.41, 5.74) is 1.62. The molecule has 0 aliphatic carbocycles. The molecule has 0 saturated heterocycles. The molecule has 0 amide bonds. The highest BCUT2D eigenvalue weighted by Gasteiger charge is 2.27. The highest BCUT2D eigenvalue weighted by atomic mass is 32.2. The van der Waals surface area contributed by atoms with Crippen molar-refractivity contribution in [3.63, 3.8) is 0 Å². The Morgan fingerprint density at radius 2 is 1.77 bits per heavy atom. The summed E-state index contributed by atoms with van der Waals surface area (Å²) in [6.45, 7) is 11.9. The van der Waals surface area contributed by atoms with Gasteiger partial charge in [-0.15, -0.1) is 0 Å². The third-order valence-corrected chi connectivity index (χ3v) is 6.81. The van der Waals surface area contributed by atoms with E-state index in [9.17, 15) is 8.42 Å². The van der Waals surface area contributed by atoms with Crippen LogP contribution in [-0.2, 0) is 9.84 Å². The molecule has 6 heteroatoms. The van der Waals surface area contributed by atoms with E-state index in [2.05, 4.69) is 26.1 Å². The van der Waals surface area contributed by atoms with Crippen molar-refractivity contribution in [1.82, 2.24) is 9.72 Å². The second-order valence-corrected chi connectivity index (χ2v) is 10.8. The molecule has 1 aromatic carbocycles. The number of benzene rings is 1. The van der Waals surface area contributed by atoms with Crippen molar-refractivity contribution in [2.45, 2.75) is 62.3 Å². The van der Waals surface area contributed by atoms with Gasteiger partial charge in [0.1, 0.15) is 10.6 Å². The molecule has 0 spiro atoms. The summed E-state index contributed by atoms with van der Waals surface area (Å²) in [5, 5.41) is 3.42. The summed E-state index contributed by atoms with van der Waals surface area (Å²) in [6.07, 6.45) is 4.67. The van der Waals surface area contributed by atoms with Crippen molar-refractivity contribution in [2.24, 2.45) is 0 Å². The summed E-state index contributed by atoms with van der Waals surface area (Å²) in [5.74, 6) is 0.773. The monoisotopic (exact) mass is 428 g/mol. The molecule has 0 radical (unpaired) electrons. The zero-order valence-electron chi connectivity index (χ0n) is 18.5. The van der Waals surface area contributed by atoms with Gasteiger partial charge in [-0.2, -0.15) is 0 Å². The van der Waals surface area contributed by atoms with Crippen molar-refractivity contribution in [3.05, 3.63) is 60.4 Å². The number of nitrogens with one attached hydrogen (secondary N) is 1. The van der Waals surface area contributed by atoms with Gasteiger partial charge in [0.25, 0.3) is 0 Å². The molecule has 162 valence electrons. The Hall–Kier alpha value is -2.31. The van der Waals surface area contributed by atoms with E-state index in [-0.39, 0.29) is 16.4 Å². The molecular formula is C24H32N2O3S. The predicted molar refractivity (Wildman–Crippen MR) is 121 cm³/mol. The number of nitrogens with zero attached hydrogens (tertiary/aromatic N) is 1. The van der Waals surface area contributed by atoms with Crippen LogP contribution in [0.25, 0.3) is 5.52 Å². The SMILES string of the molecule is CC(C)c1cn2ccccc2c1S(=O)(=O)c1ccc(OCCCNC(C)(C)C)cc1. The van der Waals surface area contributed by atoms with Crippen LogP contribution in [0.5, 0.6) is 5.75 Å². The lowest BCUT2D eigenvalue weighted by molar-refractivity contribution is 0.298. The number of hydrogen-bond acceptors (Lipinski definition) is 4. The Morgan fingerprint density at radius 3 is 2.40 bits per heavy atom. The molecule has 0 bridgehead atoms. The standard InChI is InChI=1S/C24H32N2O3S/c1-18(2)21-17-26-15-7-6-9-22(26)23(21)30(27,28)20-12-10-19(11-13-20)29-16-8-14-25-24(3,4)5/h6-7,9-13,15,17-18,25H,8,14,16H2,1-5H3. The maximum atomic E-state index is 13.5. The molecule has 0 aliphatic heterocycles. The van der Waals surface area contributed by atoms with Crippen LogP contribution >= 0.6 is 0 Å². The molecule has 1 N–H and O–H groups in total. The van der Waals surface area contributed by atoms with Crippen molar-refractivity contribution < 1.29 is 13.2 Å². The third kappa shape index (κ3) is 5.05. The first-order valence-electron chi connectivity index (χ1n) is 10.4. The van der Waals surface area contributed by atoms with E-state index >= 15 is 0 Å². The Kier molecular flexibility index (Phi) is 6.58. The Balaban J connectivity index is 1.78. The summed E-state index contributed by atoms with van der Waals surface area (Å²) in [4.78, 5) is 0.670. The van der Waals surface area contributed by atoms with E-state index < -0.39 is 9.84 Å². The number of ether oxygens (including phenoxy) is 1. The quantitative estimate of drug-likeness (QED) is 0.510. The average molecular weight is 429 g/mol. The fourth-order valence-electron chi connectivity index (χ4n) is 3.38. The first-order chi connectivity index (χ1) is 14.1. The molecule has 5 nitrogen and oxygen atoms in total. The molecule has 3 rings (SSSR count). The van der Waals surface area contributed by atoms with Crippen LogP contribution in [0.15, 0.2) is 64.6 Å². The lowest BCUT2D eigenvalue weighted by Gasteiger charge is -2.20. The van der Waals surface area contributed by atoms with E-state index in [1.54, 1.807) is 24.3 Å². The molecule has 2 heterocycles. The second kappa shape index (κ2) is 8.82. The molecule has 0 unspecified atom stereocenters. The van der Waals surface area contributed by atoms with Gasteiger partial charge in [0.2, 0.25) is 9.84 Å². The second-order valence-electron chi connectivity index (χ2n) is 8.92. The van der Waals surface area contributed by atoms with Crippen LogP contribution in [0.1, 0.15) is 52.5 Å². The lowest BCUT2D eigenvalue weighted by atomic mass is 10.1. The zero-order valence-corrected chi connectivity index (χ0v) is 19.3. The average Bonchev–Trinajstić information content (AvgIpc) is 3.08. The first-order valence-corrected chi connectivity index (χ1v) is 11.9.